The van der Waals surface area contributed by atoms with Gasteiger partial charge in [-0.1, -0.05) is 41.0 Å². The summed E-state index contributed by atoms with van der Waals surface area (Å²) in [5, 5.41) is 12.2. The van der Waals surface area contributed by atoms with E-state index in [9.17, 15) is 5.11 Å². The number of ether oxygens (including phenoxy) is 5. The van der Waals surface area contributed by atoms with E-state index < -0.39 is 6.10 Å². The molecule has 6 heteroatoms. The fraction of sp³-hybridized carbons (Fsp3) is 0.818. The van der Waals surface area contributed by atoms with Crippen LogP contribution < -0.4 is 9.47 Å². The molecule has 0 saturated heterocycles. The van der Waals surface area contributed by atoms with Crippen molar-refractivity contribution in [2.75, 3.05) is 41.3 Å². The Morgan fingerprint density at radius 1 is 0.897 bits per heavy atom. The largest absolute Gasteiger partial charge is 0.497 e. The van der Waals surface area contributed by atoms with Gasteiger partial charge in [-0.25, -0.2) is 0 Å². The number of aliphatic hydroxyl groups excluding tert-OH is 1. The molecule has 0 bridgehead atoms. The van der Waals surface area contributed by atoms with Crippen molar-refractivity contribution in [1.82, 2.24) is 0 Å². The van der Waals surface area contributed by atoms with Gasteiger partial charge in [0.2, 0.25) is 0 Å². The topological polar surface area (TPSA) is 66.4 Å². The van der Waals surface area contributed by atoms with Crippen molar-refractivity contribution in [3.8, 4) is 11.5 Å². The number of hydrogen-bond donors (Lipinski definition) is 1. The minimum absolute atomic E-state index is 0.0391. The molecule has 39 heavy (non-hydrogen) atoms. The van der Waals surface area contributed by atoms with Gasteiger partial charge in [0, 0.05) is 12.7 Å². The third-order valence-electron chi connectivity index (χ3n) is 11.5. The van der Waals surface area contributed by atoms with E-state index in [4.69, 9.17) is 23.7 Å². The highest BCUT2D eigenvalue weighted by atomic mass is 16.7. The lowest BCUT2D eigenvalue weighted by Crippen LogP contribution is -2.62. The quantitative estimate of drug-likeness (QED) is 0.253. The van der Waals surface area contributed by atoms with Crippen LogP contribution in [0, 0.1) is 46.8 Å². The Hall–Kier alpha value is -1.34. The molecule has 3 saturated carbocycles. The summed E-state index contributed by atoms with van der Waals surface area (Å²) in [6, 6.07) is 3.98. The van der Waals surface area contributed by atoms with E-state index in [2.05, 4.69) is 34.6 Å². The Kier molecular flexibility index (Phi) is 9.32. The molecule has 1 unspecified atom stereocenters. The lowest BCUT2D eigenvalue weighted by atomic mass is 9.38. The zero-order valence-corrected chi connectivity index (χ0v) is 26.0. The van der Waals surface area contributed by atoms with E-state index in [-0.39, 0.29) is 28.3 Å². The highest BCUT2D eigenvalue weighted by Crippen LogP contribution is 2.70. The van der Waals surface area contributed by atoms with Crippen LogP contribution in [0.15, 0.2) is 12.1 Å². The normalized spacial score (nSPS) is 36.5. The van der Waals surface area contributed by atoms with Crippen LogP contribution in [-0.4, -0.2) is 52.5 Å². The number of rotatable bonds is 10. The average Bonchev–Trinajstić information content (AvgIpc) is 2.88. The molecule has 0 amide bonds. The van der Waals surface area contributed by atoms with Crippen molar-refractivity contribution in [3.63, 3.8) is 0 Å². The fourth-order valence-electron chi connectivity index (χ4n) is 9.76. The Labute approximate surface area is 237 Å². The van der Waals surface area contributed by atoms with Crippen LogP contribution in [0.25, 0.3) is 0 Å². The molecule has 0 heterocycles. The van der Waals surface area contributed by atoms with Gasteiger partial charge < -0.3 is 28.8 Å². The molecule has 0 radical (unpaired) electrons. The summed E-state index contributed by atoms with van der Waals surface area (Å²) in [7, 11) is 5.08. The summed E-state index contributed by atoms with van der Waals surface area (Å²) in [4.78, 5) is 0. The first kappa shape index (κ1) is 30.6. The summed E-state index contributed by atoms with van der Waals surface area (Å²) in [6.07, 6.45) is 6.44. The van der Waals surface area contributed by atoms with Crippen molar-refractivity contribution in [2.45, 2.75) is 92.3 Å². The smallest absolute Gasteiger partial charge is 0.147 e. The molecule has 4 rings (SSSR count). The van der Waals surface area contributed by atoms with Gasteiger partial charge >= 0.3 is 0 Å². The van der Waals surface area contributed by atoms with Crippen molar-refractivity contribution in [1.29, 1.82) is 0 Å². The van der Waals surface area contributed by atoms with Crippen LogP contribution >= 0.6 is 0 Å². The van der Waals surface area contributed by atoms with Gasteiger partial charge in [0.15, 0.2) is 0 Å². The summed E-state index contributed by atoms with van der Waals surface area (Å²) in [6.45, 7) is 15.7. The monoisotopic (exact) mass is 546 g/mol. The Morgan fingerprint density at radius 2 is 1.62 bits per heavy atom. The van der Waals surface area contributed by atoms with Crippen molar-refractivity contribution >= 4 is 0 Å². The van der Waals surface area contributed by atoms with Crippen molar-refractivity contribution in [2.24, 2.45) is 39.9 Å². The molecule has 3 fully saturated rings. The summed E-state index contributed by atoms with van der Waals surface area (Å²) in [5.74, 6) is 3.26. The average molecular weight is 547 g/mol. The number of aryl methyl sites for hydroxylation is 1. The van der Waals surface area contributed by atoms with Crippen LogP contribution in [0.1, 0.15) is 90.4 Å². The first-order chi connectivity index (χ1) is 18.4. The molecule has 0 spiro atoms. The molecule has 3 aliphatic rings. The van der Waals surface area contributed by atoms with Gasteiger partial charge in [-0.15, -0.1) is 0 Å². The lowest BCUT2D eigenvalue weighted by molar-refractivity contribution is -0.232. The molecule has 1 aromatic carbocycles. The van der Waals surface area contributed by atoms with Gasteiger partial charge in [0.05, 0.1) is 39.6 Å². The number of benzene rings is 1. The van der Waals surface area contributed by atoms with E-state index in [0.717, 1.165) is 54.7 Å². The SMILES string of the molecule is COCCOCO[C@H]1CC[C@]2(C)[C@H]3CC[C@@H](C)[C@@H](C(O)c4cc(OC)cc(C)c4OC)[C@]3(C)CC[C@H]2C1(C)C. The Bertz CT molecular complexity index is 977. The predicted molar refractivity (Wildman–Crippen MR) is 154 cm³/mol. The van der Waals surface area contributed by atoms with Crippen LogP contribution in [0.5, 0.6) is 11.5 Å². The Balaban J connectivity index is 1.62. The fourth-order valence-corrected chi connectivity index (χ4v) is 9.76. The maximum Gasteiger partial charge on any atom is 0.147 e. The van der Waals surface area contributed by atoms with Crippen molar-refractivity contribution in [3.05, 3.63) is 23.3 Å². The van der Waals surface area contributed by atoms with Crippen LogP contribution in [0.2, 0.25) is 0 Å². The number of aliphatic hydroxyl groups is 1. The van der Waals surface area contributed by atoms with Crippen molar-refractivity contribution < 1.29 is 28.8 Å². The standard InChI is InChI=1S/C33H54O6/c1-21-10-11-26-32(5)15-13-27(39-20-38-17-16-35-7)31(3,4)25(32)12-14-33(26,6)28(21)29(34)24-19-23(36-8)18-22(2)30(24)37-9/h18-19,21,25-29,34H,10-17,20H2,1-9H3/t21-,25+,26-,27+,28+,29?,32+,33-/m1/s1. The zero-order chi connectivity index (χ0) is 28.6. The first-order valence-electron chi connectivity index (χ1n) is 15.0. The predicted octanol–water partition coefficient (Wildman–Crippen LogP) is 6.96. The lowest BCUT2D eigenvalue weighted by Gasteiger charge is -2.68. The van der Waals surface area contributed by atoms with Crippen LogP contribution in [0.4, 0.5) is 0 Å². The van der Waals surface area contributed by atoms with E-state index in [1.807, 2.05) is 19.1 Å². The highest BCUT2D eigenvalue weighted by molar-refractivity contribution is 5.48. The minimum atomic E-state index is -0.603. The highest BCUT2D eigenvalue weighted by Gasteiger charge is 2.64. The minimum Gasteiger partial charge on any atom is -0.497 e. The number of hydrogen-bond acceptors (Lipinski definition) is 6. The maximum atomic E-state index is 12.2. The van der Waals surface area contributed by atoms with Gasteiger partial charge in [-0.2, -0.15) is 0 Å². The molecule has 1 aromatic rings. The molecule has 0 aromatic heterocycles. The van der Waals surface area contributed by atoms with Gasteiger partial charge in [0.1, 0.15) is 18.3 Å². The second kappa shape index (κ2) is 11.9. The van der Waals surface area contributed by atoms with E-state index in [1.54, 1.807) is 21.3 Å². The second-order valence-corrected chi connectivity index (χ2v) is 13.8. The molecule has 6 nitrogen and oxygen atoms in total. The zero-order valence-electron chi connectivity index (χ0n) is 26.0. The van der Waals surface area contributed by atoms with Gasteiger partial charge in [-0.05, 0) is 96.6 Å². The van der Waals surface area contributed by atoms with Gasteiger partial charge in [-0.3, -0.25) is 0 Å². The van der Waals surface area contributed by atoms with E-state index >= 15 is 0 Å². The Morgan fingerprint density at radius 3 is 2.28 bits per heavy atom. The molecular formula is C33H54O6. The maximum absolute atomic E-state index is 12.2. The first-order valence-corrected chi connectivity index (χ1v) is 15.0. The van der Waals surface area contributed by atoms with E-state index in [0.29, 0.717) is 37.8 Å². The summed E-state index contributed by atoms with van der Waals surface area (Å²) >= 11 is 0. The summed E-state index contributed by atoms with van der Waals surface area (Å²) < 4.78 is 28.6. The third-order valence-corrected chi connectivity index (χ3v) is 11.5. The van der Waals surface area contributed by atoms with Gasteiger partial charge in [0.25, 0.3) is 0 Å². The molecule has 0 aliphatic heterocycles. The molecule has 3 aliphatic carbocycles. The molecule has 222 valence electrons. The second-order valence-electron chi connectivity index (χ2n) is 13.8. The van der Waals surface area contributed by atoms with E-state index in [1.165, 1.54) is 6.42 Å². The van der Waals surface area contributed by atoms with Crippen LogP contribution in [0.3, 0.4) is 0 Å². The van der Waals surface area contributed by atoms with Crippen LogP contribution in [-0.2, 0) is 14.2 Å². The number of fused-ring (bicyclic) bond motifs is 3. The summed E-state index contributed by atoms with van der Waals surface area (Å²) in [5.41, 5.74) is 2.17. The third kappa shape index (κ3) is 5.36. The number of methoxy groups -OCH3 is 3. The molecule has 1 N–H and O–H groups in total. The molecular weight excluding hydrogens is 492 g/mol. The molecule has 8 atom stereocenters.